The van der Waals surface area contributed by atoms with E-state index in [1.807, 2.05) is 25.1 Å². The van der Waals surface area contributed by atoms with E-state index in [1.165, 1.54) is 31.0 Å². The number of hydrogen-bond acceptors (Lipinski definition) is 5. The zero-order valence-corrected chi connectivity index (χ0v) is 13.4. The number of benzene rings is 2. The van der Waals surface area contributed by atoms with Crippen LogP contribution in [-0.4, -0.2) is 23.6 Å². The topological polar surface area (TPSA) is 52.3 Å². The average molecular weight is 331 g/mol. The van der Waals surface area contributed by atoms with E-state index in [4.69, 9.17) is 9.15 Å². The number of nitrogens with zero attached hydrogens (tertiary/aromatic N) is 1. The first-order valence-corrected chi connectivity index (χ1v) is 7.92. The number of aromatic nitrogens is 1. The van der Waals surface area contributed by atoms with Crippen LogP contribution in [-0.2, 0) is 0 Å². The van der Waals surface area contributed by atoms with Gasteiger partial charge in [-0.25, -0.2) is 9.37 Å². The highest BCUT2D eigenvalue weighted by Crippen LogP contribution is 2.25. The summed E-state index contributed by atoms with van der Waals surface area (Å²) in [5, 5.41) is 0.424. The molecule has 3 aromatic rings. The van der Waals surface area contributed by atoms with Crippen LogP contribution in [0.2, 0.25) is 0 Å². The van der Waals surface area contributed by atoms with Gasteiger partial charge in [0.1, 0.15) is 5.52 Å². The summed E-state index contributed by atoms with van der Waals surface area (Å²) in [6, 6.07) is 9.87. The lowest BCUT2D eigenvalue weighted by Gasteiger charge is -2.03. The number of carbonyl (C=O) groups is 1. The number of hydrogen-bond donors (Lipinski definition) is 0. The second kappa shape index (κ2) is 6.42. The van der Waals surface area contributed by atoms with Crippen molar-refractivity contribution in [2.75, 3.05) is 12.9 Å². The van der Waals surface area contributed by atoms with Crippen LogP contribution in [0.1, 0.15) is 15.9 Å². The van der Waals surface area contributed by atoms with Crippen molar-refractivity contribution in [1.82, 2.24) is 4.98 Å². The van der Waals surface area contributed by atoms with Gasteiger partial charge in [-0.05, 0) is 42.8 Å². The number of carbonyl (C=O) groups excluding carboxylic acids is 1. The van der Waals surface area contributed by atoms with Gasteiger partial charge in [-0.15, -0.1) is 0 Å². The highest BCUT2D eigenvalue weighted by atomic mass is 32.2. The molecule has 0 amide bonds. The Morgan fingerprint density at radius 1 is 1.30 bits per heavy atom. The van der Waals surface area contributed by atoms with E-state index in [2.05, 4.69) is 4.98 Å². The minimum atomic E-state index is -0.555. The summed E-state index contributed by atoms with van der Waals surface area (Å²) in [7, 11) is 1.38. The largest absolute Gasteiger partial charge is 0.494 e. The van der Waals surface area contributed by atoms with Crippen molar-refractivity contribution in [2.45, 2.75) is 12.1 Å². The molecule has 0 aliphatic heterocycles. The molecule has 118 valence electrons. The molecule has 4 nitrogen and oxygen atoms in total. The van der Waals surface area contributed by atoms with Crippen LogP contribution in [0.15, 0.2) is 46.0 Å². The van der Waals surface area contributed by atoms with Gasteiger partial charge >= 0.3 is 0 Å². The number of oxazole rings is 1. The van der Waals surface area contributed by atoms with Gasteiger partial charge in [0, 0.05) is 5.56 Å². The molecule has 0 saturated carbocycles. The maximum Gasteiger partial charge on any atom is 0.257 e. The Balaban J connectivity index is 1.71. The maximum atomic E-state index is 13.6. The number of Topliss-reactive ketones (excluding diaryl/α,β-unsaturated/α-hetero) is 1. The molecule has 0 N–H and O–H groups in total. The van der Waals surface area contributed by atoms with Crippen LogP contribution in [0, 0.1) is 12.7 Å². The minimum Gasteiger partial charge on any atom is -0.494 e. The molecular formula is C17H14FNO3S. The Morgan fingerprint density at radius 3 is 2.87 bits per heavy atom. The van der Waals surface area contributed by atoms with E-state index in [-0.39, 0.29) is 17.3 Å². The number of ether oxygens (including phenoxy) is 1. The molecule has 0 saturated heterocycles. The molecule has 2 aromatic carbocycles. The Morgan fingerprint density at radius 2 is 2.13 bits per heavy atom. The minimum absolute atomic E-state index is 0.114. The van der Waals surface area contributed by atoms with E-state index < -0.39 is 5.82 Å². The van der Waals surface area contributed by atoms with Gasteiger partial charge in [0.2, 0.25) is 0 Å². The Bertz CT molecular complexity index is 875. The van der Waals surface area contributed by atoms with Crippen LogP contribution < -0.4 is 4.74 Å². The first-order valence-electron chi connectivity index (χ1n) is 6.93. The molecule has 1 heterocycles. The summed E-state index contributed by atoms with van der Waals surface area (Å²) in [6.45, 7) is 1.97. The highest BCUT2D eigenvalue weighted by Gasteiger charge is 2.13. The van der Waals surface area contributed by atoms with Gasteiger partial charge in [-0.1, -0.05) is 17.8 Å². The number of aryl methyl sites for hydroxylation is 1. The number of ketones is 1. The van der Waals surface area contributed by atoms with Gasteiger partial charge in [-0.3, -0.25) is 4.79 Å². The maximum absolute atomic E-state index is 13.6. The molecule has 0 spiro atoms. The summed E-state index contributed by atoms with van der Waals surface area (Å²) in [5.74, 6) is -0.517. The fourth-order valence-corrected chi connectivity index (χ4v) is 2.86. The predicted octanol–water partition coefficient (Wildman–Crippen LogP) is 4.26. The fourth-order valence-electron chi connectivity index (χ4n) is 2.13. The zero-order chi connectivity index (χ0) is 16.4. The molecule has 23 heavy (non-hydrogen) atoms. The number of rotatable bonds is 5. The third-order valence-corrected chi connectivity index (χ3v) is 4.15. The number of halogens is 1. The smallest absolute Gasteiger partial charge is 0.257 e. The van der Waals surface area contributed by atoms with Crippen molar-refractivity contribution < 1.29 is 18.3 Å². The van der Waals surface area contributed by atoms with Crippen molar-refractivity contribution in [3.05, 3.63) is 53.3 Å². The van der Waals surface area contributed by atoms with Gasteiger partial charge in [0.05, 0.1) is 12.9 Å². The Kier molecular flexibility index (Phi) is 4.34. The quantitative estimate of drug-likeness (QED) is 0.516. The van der Waals surface area contributed by atoms with E-state index in [0.717, 1.165) is 11.1 Å². The summed E-state index contributed by atoms with van der Waals surface area (Å²) in [5.41, 5.74) is 2.83. The molecular weight excluding hydrogens is 317 g/mol. The molecule has 0 fully saturated rings. The molecule has 0 unspecified atom stereocenters. The number of thioether (sulfide) groups is 1. The van der Waals surface area contributed by atoms with Crippen LogP contribution in [0.5, 0.6) is 5.75 Å². The lowest BCUT2D eigenvalue weighted by Crippen LogP contribution is -2.03. The second-order valence-electron chi connectivity index (χ2n) is 5.01. The third-order valence-electron chi connectivity index (χ3n) is 3.32. The van der Waals surface area contributed by atoms with E-state index in [9.17, 15) is 9.18 Å². The molecule has 6 heteroatoms. The van der Waals surface area contributed by atoms with E-state index in [0.29, 0.717) is 16.4 Å². The zero-order valence-electron chi connectivity index (χ0n) is 12.6. The number of methoxy groups -OCH3 is 1. The van der Waals surface area contributed by atoms with Gasteiger partial charge in [0.15, 0.2) is 22.9 Å². The predicted molar refractivity (Wildman–Crippen MR) is 86.8 cm³/mol. The molecule has 0 atom stereocenters. The molecule has 3 rings (SSSR count). The fraction of sp³-hybridized carbons (Fsp3) is 0.176. The molecule has 0 aliphatic carbocycles. The summed E-state index contributed by atoms with van der Waals surface area (Å²) >= 11 is 1.19. The normalized spacial score (nSPS) is 10.9. The Labute approximate surface area is 136 Å². The molecule has 0 aliphatic rings. The van der Waals surface area contributed by atoms with E-state index >= 15 is 0 Å². The number of fused-ring (bicyclic) bond motifs is 1. The van der Waals surface area contributed by atoms with Gasteiger partial charge in [-0.2, -0.15) is 0 Å². The standard InChI is InChI=1S/C17H14FNO3S/c1-10-3-5-16-13(7-10)19-17(22-16)23-9-14(20)11-4-6-15(21-2)12(18)8-11/h3-8H,9H2,1-2H3. The summed E-state index contributed by atoms with van der Waals surface area (Å²) in [4.78, 5) is 16.5. The lowest BCUT2D eigenvalue weighted by molar-refractivity contribution is 0.102. The van der Waals surface area contributed by atoms with Crippen LogP contribution in [0.25, 0.3) is 11.1 Å². The molecule has 1 aromatic heterocycles. The first kappa shape index (κ1) is 15.6. The first-order chi connectivity index (χ1) is 11.1. The van der Waals surface area contributed by atoms with Crippen molar-refractivity contribution in [3.63, 3.8) is 0 Å². The highest BCUT2D eigenvalue weighted by molar-refractivity contribution is 7.99. The summed E-state index contributed by atoms with van der Waals surface area (Å²) in [6.07, 6.45) is 0. The van der Waals surface area contributed by atoms with Gasteiger partial charge in [0.25, 0.3) is 5.22 Å². The Hall–Kier alpha value is -2.34. The van der Waals surface area contributed by atoms with Crippen LogP contribution in [0.4, 0.5) is 4.39 Å². The van der Waals surface area contributed by atoms with Crippen molar-refractivity contribution >= 4 is 28.6 Å². The van der Waals surface area contributed by atoms with E-state index in [1.54, 1.807) is 6.07 Å². The third kappa shape index (κ3) is 3.37. The van der Waals surface area contributed by atoms with Crippen molar-refractivity contribution in [3.8, 4) is 5.75 Å². The van der Waals surface area contributed by atoms with Crippen LogP contribution in [0.3, 0.4) is 0 Å². The lowest BCUT2D eigenvalue weighted by atomic mass is 10.1. The molecule has 0 radical (unpaired) electrons. The van der Waals surface area contributed by atoms with Crippen molar-refractivity contribution in [2.24, 2.45) is 0 Å². The van der Waals surface area contributed by atoms with Gasteiger partial charge < -0.3 is 9.15 Å². The monoisotopic (exact) mass is 331 g/mol. The SMILES string of the molecule is COc1ccc(C(=O)CSc2nc3cc(C)ccc3o2)cc1F. The van der Waals surface area contributed by atoms with Crippen molar-refractivity contribution in [1.29, 1.82) is 0 Å². The molecule has 0 bridgehead atoms. The summed E-state index contributed by atoms with van der Waals surface area (Å²) < 4.78 is 24.0. The second-order valence-corrected chi connectivity index (χ2v) is 5.94. The van der Waals surface area contributed by atoms with Crippen LogP contribution >= 0.6 is 11.8 Å². The average Bonchev–Trinajstić information content (AvgIpc) is 2.94.